The van der Waals surface area contributed by atoms with Crippen molar-refractivity contribution in [2.24, 2.45) is 5.92 Å². The van der Waals surface area contributed by atoms with Gasteiger partial charge in [0.15, 0.2) is 6.61 Å². The Morgan fingerprint density at radius 1 is 1.00 bits per heavy atom. The standard InChI is InChI=1S/C23H29BrN2O3/c1-5-17-8-11-21(20(24)13-17)29-14-22(27)25-26-23(28)16(4)19-9-6-18(7-10-19)12-15(2)3/h6-11,13,15-16H,5,12,14H2,1-4H3,(H,25,27)(H,26,28). The monoisotopic (exact) mass is 460 g/mol. The molecule has 0 aliphatic heterocycles. The first-order chi connectivity index (χ1) is 13.8. The molecule has 29 heavy (non-hydrogen) atoms. The second-order valence-electron chi connectivity index (χ2n) is 7.51. The van der Waals surface area contributed by atoms with Crippen LogP contribution in [0.2, 0.25) is 0 Å². The molecule has 2 N–H and O–H groups in total. The van der Waals surface area contributed by atoms with Crippen molar-refractivity contribution in [3.05, 3.63) is 63.6 Å². The van der Waals surface area contributed by atoms with Gasteiger partial charge in [-0.15, -0.1) is 0 Å². The van der Waals surface area contributed by atoms with E-state index < -0.39 is 5.91 Å². The van der Waals surface area contributed by atoms with E-state index in [4.69, 9.17) is 4.74 Å². The Hall–Kier alpha value is -2.34. The smallest absolute Gasteiger partial charge is 0.276 e. The zero-order valence-corrected chi connectivity index (χ0v) is 19.0. The van der Waals surface area contributed by atoms with Crippen molar-refractivity contribution in [3.63, 3.8) is 0 Å². The van der Waals surface area contributed by atoms with Crippen LogP contribution in [0.3, 0.4) is 0 Å². The van der Waals surface area contributed by atoms with Crippen molar-refractivity contribution in [2.45, 2.75) is 46.5 Å². The first-order valence-electron chi connectivity index (χ1n) is 9.88. The summed E-state index contributed by atoms with van der Waals surface area (Å²) < 4.78 is 6.30. The molecule has 1 atom stereocenters. The van der Waals surface area contributed by atoms with Crippen LogP contribution in [0.1, 0.15) is 50.3 Å². The highest BCUT2D eigenvalue weighted by Crippen LogP contribution is 2.26. The molecular formula is C23H29BrN2O3. The van der Waals surface area contributed by atoms with Crippen LogP contribution in [0.5, 0.6) is 5.75 Å². The summed E-state index contributed by atoms with van der Waals surface area (Å²) in [7, 11) is 0. The highest BCUT2D eigenvalue weighted by atomic mass is 79.9. The Morgan fingerprint density at radius 2 is 1.66 bits per heavy atom. The fourth-order valence-corrected chi connectivity index (χ4v) is 3.41. The number of carbonyl (C=O) groups excluding carboxylic acids is 2. The lowest BCUT2D eigenvalue weighted by Crippen LogP contribution is -2.45. The maximum absolute atomic E-state index is 12.3. The van der Waals surface area contributed by atoms with Crippen LogP contribution in [0.15, 0.2) is 46.9 Å². The fourth-order valence-electron chi connectivity index (χ4n) is 2.87. The minimum Gasteiger partial charge on any atom is -0.483 e. The molecule has 2 aromatic carbocycles. The number of aryl methyl sites for hydroxylation is 1. The summed E-state index contributed by atoms with van der Waals surface area (Å²) in [5, 5.41) is 0. The third kappa shape index (κ3) is 7.20. The summed E-state index contributed by atoms with van der Waals surface area (Å²) in [6, 6.07) is 13.8. The lowest BCUT2D eigenvalue weighted by atomic mass is 9.96. The van der Waals surface area contributed by atoms with Gasteiger partial charge in [0.2, 0.25) is 5.91 Å². The third-order valence-corrected chi connectivity index (χ3v) is 5.23. The van der Waals surface area contributed by atoms with Gasteiger partial charge in [-0.25, -0.2) is 0 Å². The van der Waals surface area contributed by atoms with Gasteiger partial charge < -0.3 is 4.74 Å². The van der Waals surface area contributed by atoms with E-state index >= 15 is 0 Å². The Balaban J connectivity index is 1.81. The van der Waals surface area contributed by atoms with Gasteiger partial charge in [-0.05, 0) is 70.4 Å². The van der Waals surface area contributed by atoms with Crippen molar-refractivity contribution in [2.75, 3.05) is 6.61 Å². The SMILES string of the molecule is CCc1ccc(OCC(=O)NNC(=O)C(C)c2ccc(CC(C)C)cc2)c(Br)c1. The van der Waals surface area contributed by atoms with Crippen LogP contribution < -0.4 is 15.6 Å². The van der Waals surface area contributed by atoms with Gasteiger partial charge in [0.25, 0.3) is 5.91 Å². The molecule has 0 heterocycles. The van der Waals surface area contributed by atoms with Gasteiger partial charge in [-0.3, -0.25) is 20.4 Å². The summed E-state index contributed by atoms with van der Waals surface area (Å²) >= 11 is 3.44. The van der Waals surface area contributed by atoms with Crippen molar-refractivity contribution in [1.29, 1.82) is 0 Å². The van der Waals surface area contributed by atoms with E-state index in [1.54, 1.807) is 0 Å². The lowest BCUT2D eigenvalue weighted by Gasteiger charge is -2.15. The molecule has 0 saturated heterocycles. The van der Waals surface area contributed by atoms with Crippen molar-refractivity contribution >= 4 is 27.7 Å². The predicted molar refractivity (Wildman–Crippen MR) is 119 cm³/mol. The van der Waals surface area contributed by atoms with E-state index in [2.05, 4.69) is 47.6 Å². The van der Waals surface area contributed by atoms with Crippen molar-refractivity contribution in [3.8, 4) is 5.75 Å². The number of halogens is 1. The maximum atomic E-state index is 12.3. The Morgan fingerprint density at radius 3 is 2.24 bits per heavy atom. The molecule has 156 valence electrons. The highest BCUT2D eigenvalue weighted by molar-refractivity contribution is 9.10. The number of carbonyl (C=O) groups is 2. The van der Waals surface area contributed by atoms with Crippen LogP contribution in [0, 0.1) is 5.92 Å². The van der Waals surface area contributed by atoms with E-state index in [-0.39, 0.29) is 18.4 Å². The Labute approximate surface area is 181 Å². The number of benzene rings is 2. The van der Waals surface area contributed by atoms with Crippen molar-refractivity contribution in [1.82, 2.24) is 10.9 Å². The molecule has 2 aromatic rings. The first-order valence-corrected chi connectivity index (χ1v) is 10.7. The Kier molecular flexibility index (Phi) is 8.70. The van der Waals surface area contributed by atoms with Gasteiger partial charge in [0.1, 0.15) is 5.75 Å². The summed E-state index contributed by atoms with van der Waals surface area (Å²) in [6.45, 7) is 8.04. The van der Waals surface area contributed by atoms with E-state index in [1.165, 1.54) is 11.1 Å². The van der Waals surface area contributed by atoms with Crippen LogP contribution in [-0.2, 0) is 22.4 Å². The predicted octanol–water partition coefficient (Wildman–Crippen LogP) is 4.54. The molecule has 0 aliphatic carbocycles. The van der Waals surface area contributed by atoms with E-state index in [1.807, 2.05) is 49.4 Å². The van der Waals surface area contributed by atoms with E-state index in [0.717, 1.165) is 22.9 Å². The molecule has 5 nitrogen and oxygen atoms in total. The number of hydrogen-bond donors (Lipinski definition) is 2. The van der Waals surface area contributed by atoms with Gasteiger partial charge >= 0.3 is 0 Å². The minimum absolute atomic E-state index is 0.192. The number of amides is 2. The number of hydrazine groups is 1. The topological polar surface area (TPSA) is 67.4 Å². The number of nitrogens with one attached hydrogen (secondary N) is 2. The lowest BCUT2D eigenvalue weighted by molar-refractivity contribution is -0.130. The van der Waals surface area contributed by atoms with Gasteiger partial charge in [0.05, 0.1) is 10.4 Å². The molecule has 2 rings (SSSR count). The van der Waals surface area contributed by atoms with Gasteiger partial charge in [-0.2, -0.15) is 0 Å². The van der Waals surface area contributed by atoms with Crippen LogP contribution >= 0.6 is 15.9 Å². The second kappa shape index (κ2) is 11.0. The molecule has 0 aromatic heterocycles. The van der Waals surface area contributed by atoms with E-state index in [9.17, 15) is 9.59 Å². The number of ether oxygens (including phenoxy) is 1. The minimum atomic E-state index is -0.427. The molecule has 0 saturated carbocycles. The molecule has 6 heteroatoms. The molecule has 0 spiro atoms. The number of hydrogen-bond acceptors (Lipinski definition) is 3. The highest BCUT2D eigenvalue weighted by Gasteiger charge is 2.16. The molecule has 2 amide bonds. The zero-order valence-electron chi connectivity index (χ0n) is 17.4. The largest absolute Gasteiger partial charge is 0.483 e. The fraction of sp³-hybridized carbons (Fsp3) is 0.391. The molecule has 0 radical (unpaired) electrons. The van der Waals surface area contributed by atoms with Crippen LogP contribution in [0.4, 0.5) is 0 Å². The average Bonchev–Trinajstić information content (AvgIpc) is 2.70. The summed E-state index contributed by atoms with van der Waals surface area (Å²) in [5.41, 5.74) is 8.20. The van der Waals surface area contributed by atoms with Crippen molar-refractivity contribution < 1.29 is 14.3 Å². The van der Waals surface area contributed by atoms with Crippen LogP contribution in [-0.4, -0.2) is 18.4 Å². The van der Waals surface area contributed by atoms with Gasteiger partial charge in [0, 0.05) is 0 Å². The maximum Gasteiger partial charge on any atom is 0.276 e. The van der Waals surface area contributed by atoms with Gasteiger partial charge in [-0.1, -0.05) is 51.1 Å². The summed E-state index contributed by atoms with van der Waals surface area (Å²) in [6.07, 6.45) is 1.93. The quantitative estimate of drug-likeness (QED) is 0.568. The zero-order chi connectivity index (χ0) is 21.4. The molecule has 1 unspecified atom stereocenters. The Bertz CT molecular complexity index is 835. The van der Waals surface area contributed by atoms with E-state index in [0.29, 0.717) is 11.7 Å². The summed E-state index contributed by atoms with van der Waals surface area (Å²) in [4.78, 5) is 24.3. The molecule has 0 aliphatic rings. The average molecular weight is 461 g/mol. The second-order valence-corrected chi connectivity index (χ2v) is 8.36. The first kappa shape index (κ1) is 22.9. The number of rotatable bonds is 8. The molecular weight excluding hydrogens is 432 g/mol. The normalized spacial score (nSPS) is 11.8. The molecule has 0 bridgehead atoms. The van der Waals surface area contributed by atoms with Crippen LogP contribution in [0.25, 0.3) is 0 Å². The molecule has 0 fully saturated rings. The summed E-state index contributed by atoms with van der Waals surface area (Å²) in [5.74, 6) is 0.0931. The third-order valence-electron chi connectivity index (χ3n) is 4.61.